The average Bonchev–Trinajstić information content (AvgIpc) is 2.77. The molecule has 0 saturated carbocycles. The fraction of sp³-hybridized carbons (Fsp3) is 0.308. The lowest BCUT2D eigenvalue weighted by molar-refractivity contribution is -0.115. The van der Waals surface area contributed by atoms with E-state index in [-0.39, 0.29) is 5.91 Å². The van der Waals surface area contributed by atoms with Gasteiger partial charge in [-0.1, -0.05) is 30.8 Å². The number of amidine groups is 1. The number of carbonyl (C=O) groups excluding carboxylic acids is 1. The second-order valence-electron chi connectivity index (χ2n) is 3.81. The van der Waals surface area contributed by atoms with Gasteiger partial charge in [-0.3, -0.25) is 14.7 Å². The van der Waals surface area contributed by atoms with Gasteiger partial charge in [-0.15, -0.1) is 0 Å². The van der Waals surface area contributed by atoms with Crippen LogP contribution in [0.5, 0.6) is 0 Å². The molecule has 0 aliphatic carbocycles. The van der Waals surface area contributed by atoms with Gasteiger partial charge in [0.2, 0.25) is 5.91 Å². The Kier molecular flexibility index (Phi) is 4.00. The maximum Gasteiger partial charge on any atom is 0.243 e. The zero-order chi connectivity index (χ0) is 13.0. The standard InChI is InChI=1S/C13H13N3OS/c1-2-7-15-13-16(12(17)9-18-13)11-6-4-3-5-10(11)8-14/h3-6H,2,7,9H2,1H3/b15-13-. The monoisotopic (exact) mass is 259 g/mol. The van der Waals surface area contributed by atoms with E-state index in [0.717, 1.165) is 6.42 Å². The Morgan fingerprint density at radius 2 is 2.28 bits per heavy atom. The smallest absolute Gasteiger partial charge is 0.243 e. The van der Waals surface area contributed by atoms with Crippen LogP contribution in [0.15, 0.2) is 29.3 Å². The van der Waals surface area contributed by atoms with E-state index in [1.54, 1.807) is 23.1 Å². The fourth-order valence-electron chi connectivity index (χ4n) is 1.69. The summed E-state index contributed by atoms with van der Waals surface area (Å²) in [7, 11) is 0. The molecular formula is C13H13N3OS. The third kappa shape index (κ3) is 2.39. The number of nitrogens with zero attached hydrogens (tertiary/aromatic N) is 3. The summed E-state index contributed by atoms with van der Waals surface area (Å²) in [5, 5.41) is 9.79. The molecule has 1 aliphatic rings. The maximum atomic E-state index is 11.9. The molecule has 0 spiro atoms. The molecule has 0 atom stereocenters. The molecule has 2 rings (SSSR count). The second-order valence-corrected chi connectivity index (χ2v) is 4.75. The average molecular weight is 259 g/mol. The molecule has 1 saturated heterocycles. The number of nitriles is 1. The Labute approximate surface area is 110 Å². The van der Waals surface area contributed by atoms with E-state index in [4.69, 9.17) is 5.26 Å². The Balaban J connectivity index is 2.41. The minimum Gasteiger partial charge on any atom is -0.273 e. The Bertz CT molecular complexity index is 533. The predicted octanol–water partition coefficient (Wildman–Crippen LogP) is 2.40. The summed E-state index contributed by atoms with van der Waals surface area (Å²) in [6.07, 6.45) is 0.936. The van der Waals surface area contributed by atoms with Crippen molar-refractivity contribution in [3.8, 4) is 6.07 Å². The van der Waals surface area contributed by atoms with E-state index in [1.807, 2.05) is 13.0 Å². The Morgan fingerprint density at radius 3 is 3.00 bits per heavy atom. The van der Waals surface area contributed by atoms with E-state index in [1.165, 1.54) is 11.8 Å². The molecule has 1 aliphatic heterocycles. The molecule has 5 heteroatoms. The number of hydrogen-bond donors (Lipinski definition) is 0. The molecule has 1 heterocycles. The van der Waals surface area contributed by atoms with Crippen LogP contribution in [0, 0.1) is 11.3 Å². The molecule has 0 aromatic heterocycles. The first-order valence-electron chi connectivity index (χ1n) is 5.77. The van der Waals surface area contributed by atoms with Gasteiger partial charge in [0.05, 0.1) is 17.0 Å². The van der Waals surface area contributed by atoms with Gasteiger partial charge in [-0.25, -0.2) is 0 Å². The molecule has 0 bridgehead atoms. The van der Waals surface area contributed by atoms with Gasteiger partial charge in [0.25, 0.3) is 0 Å². The predicted molar refractivity (Wildman–Crippen MR) is 73.7 cm³/mol. The number of para-hydroxylation sites is 1. The van der Waals surface area contributed by atoms with Gasteiger partial charge in [-0.2, -0.15) is 5.26 Å². The third-order valence-electron chi connectivity index (χ3n) is 2.50. The van der Waals surface area contributed by atoms with E-state index in [0.29, 0.717) is 28.7 Å². The minimum atomic E-state index is -0.0162. The summed E-state index contributed by atoms with van der Waals surface area (Å²) < 4.78 is 0. The van der Waals surface area contributed by atoms with Crippen LogP contribution in [0.25, 0.3) is 0 Å². The first kappa shape index (κ1) is 12.7. The number of anilines is 1. The van der Waals surface area contributed by atoms with Gasteiger partial charge in [0, 0.05) is 6.54 Å². The zero-order valence-electron chi connectivity index (χ0n) is 10.1. The van der Waals surface area contributed by atoms with Crippen molar-refractivity contribution in [2.45, 2.75) is 13.3 Å². The van der Waals surface area contributed by atoms with Crippen molar-refractivity contribution in [2.24, 2.45) is 4.99 Å². The lowest BCUT2D eigenvalue weighted by Gasteiger charge is -2.17. The number of aliphatic imine (C=N–C) groups is 1. The zero-order valence-corrected chi connectivity index (χ0v) is 10.9. The first-order chi connectivity index (χ1) is 8.77. The summed E-state index contributed by atoms with van der Waals surface area (Å²) in [6, 6.07) is 9.22. The van der Waals surface area contributed by atoms with Crippen LogP contribution >= 0.6 is 11.8 Å². The van der Waals surface area contributed by atoms with Crippen molar-refractivity contribution in [1.29, 1.82) is 5.26 Å². The highest BCUT2D eigenvalue weighted by Crippen LogP contribution is 2.29. The minimum absolute atomic E-state index is 0.0162. The molecule has 4 nitrogen and oxygen atoms in total. The number of benzene rings is 1. The van der Waals surface area contributed by atoms with Gasteiger partial charge in [0.1, 0.15) is 6.07 Å². The van der Waals surface area contributed by atoms with Crippen molar-refractivity contribution in [3.05, 3.63) is 29.8 Å². The highest BCUT2D eigenvalue weighted by Gasteiger charge is 2.30. The SMILES string of the molecule is CCC/N=C1\SCC(=O)N1c1ccccc1C#N. The first-order valence-corrected chi connectivity index (χ1v) is 6.75. The van der Waals surface area contributed by atoms with Gasteiger partial charge >= 0.3 is 0 Å². The summed E-state index contributed by atoms with van der Waals surface area (Å²) in [5.41, 5.74) is 1.13. The maximum absolute atomic E-state index is 11.9. The van der Waals surface area contributed by atoms with Gasteiger partial charge < -0.3 is 0 Å². The number of amides is 1. The van der Waals surface area contributed by atoms with Gasteiger partial charge in [-0.05, 0) is 18.6 Å². The van der Waals surface area contributed by atoms with Crippen LogP contribution in [0.2, 0.25) is 0 Å². The topological polar surface area (TPSA) is 56.5 Å². The highest BCUT2D eigenvalue weighted by atomic mass is 32.2. The highest BCUT2D eigenvalue weighted by molar-refractivity contribution is 8.15. The molecule has 0 N–H and O–H groups in total. The summed E-state index contributed by atoms with van der Waals surface area (Å²) in [5.74, 6) is 0.375. The largest absolute Gasteiger partial charge is 0.273 e. The molecule has 92 valence electrons. The van der Waals surface area contributed by atoms with E-state index < -0.39 is 0 Å². The van der Waals surface area contributed by atoms with E-state index in [9.17, 15) is 4.79 Å². The number of rotatable bonds is 3. The van der Waals surface area contributed by atoms with Crippen LogP contribution < -0.4 is 4.90 Å². The molecule has 1 fully saturated rings. The number of thioether (sulfide) groups is 1. The van der Waals surface area contributed by atoms with Crippen LogP contribution in [0.4, 0.5) is 5.69 Å². The summed E-state index contributed by atoms with van der Waals surface area (Å²) in [4.78, 5) is 17.9. The van der Waals surface area contributed by atoms with Crippen molar-refractivity contribution in [3.63, 3.8) is 0 Å². The van der Waals surface area contributed by atoms with Crippen LogP contribution in [0.1, 0.15) is 18.9 Å². The molecular weight excluding hydrogens is 246 g/mol. The van der Waals surface area contributed by atoms with E-state index >= 15 is 0 Å². The lowest BCUT2D eigenvalue weighted by Crippen LogP contribution is -2.30. The summed E-state index contributed by atoms with van der Waals surface area (Å²) in [6.45, 7) is 2.74. The van der Waals surface area contributed by atoms with Crippen molar-refractivity contribution >= 4 is 28.5 Å². The van der Waals surface area contributed by atoms with Gasteiger partial charge in [0.15, 0.2) is 5.17 Å². The molecule has 1 amide bonds. The van der Waals surface area contributed by atoms with Crippen molar-refractivity contribution in [2.75, 3.05) is 17.2 Å². The number of hydrogen-bond acceptors (Lipinski definition) is 4. The molecule has 18 heavy (non-hydrogen) atoms. The molecule has 1 aromatic rings. The Hall–Kier alpha value is -1.80. The lowest BCUT2D eigenvalue weighted by atomic mass is 10.2. The number of carbonyl (C=O) groups is 1. The fourth-order valence-corrected chi connectivity index (χ4v) is 2.58. The van der Waals surface area contributed by atoms with Crippen LogP contribution in [-0.2, 0) is 4.79 Å². The van der Waals surface area contributed by atoms with Crippen LogP contribution in [0.3, 0.4) is 0 Å². The van der Waals surface area contributed by atoms with Crippen molar-refractivity contribution < 1.29 is 4.79 Å². The molecule has 1 aromatic carbocycles. The summed E-state index contributed by atoms with van der Waals surface area (Å²) >= 11 is 1.43. The third-order valence-corrected chi connectivity index (χ3v) is 3.46. The van der Waals surface area contributed by atoms with Crippen LogP contribution in [-0.4, -0.2) is 23.4 Å². The second kappa shape index (κ2) is 5.69. The normalized spacial score (nSPS) is 17.2. The quantitative estimate of drug-likeness (QED) is 0.837. The molecule has 0 radical (unpaired) electrons. The van der Waals surface area contributed by atoms with E-state index in [2.05, 4.69) is 11.1 Å². The Morgan fingerprint density at radius 1 is 1.50 bits per heavy atom. The molecule has 0 unspecified atom stereocenters. The van der Waals surface area contributed by atoms with Crippen molar-refractivity contribution in [1.82, 2.24) is 0 Å².